The van der Waals surface area contributed by atoms with Crippen LogP contribution in [0, 0.1) is 0 Å². The number of methoxy groups -OCH3 is 1. The predicted octanol–water partition coefficient (Wildman–Crippen LogP) is -4.74. The summed E-state index contributed by atoms with van der Waals surface area (Å²) in [5, 5.41) is 67.6. The van der Waals surface area contributed by atoms with E-state index in [1.807, 2.05) is 0 Å². The van der Waals surface area contributed by atoms with Gasteiger partial charge in [0.25, 0.3) is 0 Å². The zero-order valence-corrected chi connectivity index (χ0v) is 13.0. The van der Waals surface area contributed by atoms with E-state index in [9.17, 15) is 30.6 Å². The van der Waals surface area contributed by atoms with Crippen LogP contribution in [0.15, 0.2) is 0 Å². The van der Waals surface area contributed by atoms with Gasteiger partial charge in [-0.25, -0.2) is 0 Å². The number of aliphatic hydroxyl groups is 7. The van der Waals surface area contributed by atoms with E-state index < -0.39 is 74.6 Å². The Kier molecular flexibility index (Phi) is 6.87. The van der Waals surface area contributed by atoms with Gasteiger partial charge in [-0.2, -0.15) is 0 Å². The lowest BCUT2D eigenvalue weighted by Gasteiger charge is -2.46. The molecule has 10 atom stereocenters. The fourth-order valence-corrected chi connectivity index (χ4v) is 2.83. The zero-order valence-electron chi connectivity index (χ0n) is 13.0. The third kappa shape index (κ3) is 3.71. The lowest BCUT2D eigenvalue weighted by Crippen LogP contribution is -2.64. The van der Waals surface area contributed by atoms with E-state index in [0.29, 0.717) is 0 Å². The Hall–Kier alpha value is -0.440. The highest BCUT2D eigenvalue weighted by Gasteiger charge is 2.50. The molecule has 2 aliphatic rings. The van der Waals surface area contributed by atoms with Gasteiger partial charge in [0.2, 0.25) is 0 Å². The molecule has 0 aromatic rings. The molecule has 0 radical (unpaired) electrons. The maximum atomic E-state index is 9.99. The van der Waals surface area contributed by atoms with Crippen molar-refractivity contribution in [3.63, 3.8) is 0 Å². The van der Waals surface area contributed by atoms with Crippen LogP contribution in [0.5, 0.6) is 0 Å². The van der Waals surface area contributed by atoms with Gasteiger partial charge in [0.1, 0.15) is 48.8 Å². The van der Waals surface area contributed by atoms with Crippen molar-refractivity contribution in [2.45, 2.75) is 61.4 Å². The molecular formula is C13H24O11. The molecule has 2 aliphatic heterocycles. The van der Waals surface area contributed by atoms with Gasteiger partial charge in [0.15, 0.2) is 12.6 Å². The third-order valence-corrected chi connectivity index (χ3v) is 4.23. The summed E-state index contributed by atoms with van der Waals surface area (Å²) in [6.45, 7) is -1.23. The van der Waals surface area contributed by atoms with Gasteiger partial charge in [0, 0.05) is 7.11 Å². The second-order valence-corrected chi connectivity index (χ2v) is 5.74. The molecule has 11 nitrogen and oxygen atoms in total. The van der Waals surface area contributed by atoms with Crippen molar-refractivity contribution in [2.75, 3.05) is 20.3 Å². The van der Waals surface area contributed by atoms with Gasteiger partial charge in [-0.15, -0.1) is 0 Å². The van der Waals surface area contributed by atoms with Gasteiger partial charge in [-0.1, -0.05) is 0 Å². The van der Waals surface area contributed by atoms with Gasteiger partial charge in [-0.3, -0.25) is 0 Å². The molecule has 2 fully saturated rings. The van der Waals surface area contributed by atoms with Crippen LogP contribution in [0.1, 0.15) is 0 Å². The van der Waals surface area contributed by atoms with Crippen molar-refractivity contribution in [2.24, 2.45) is 0 Å². The molecule has 0 saturated carbocycles. The molecule has 2 saturated heterocycles. The SMILES string of the molecule is COC1C(O)C(O)OC(CO)C1OC1OC(CO)C(O)C(O)C1O. The van der Waals surface area contributed by atoms with Crippen LogP contribution >= 0.6 is 0 Å². The highest BCUT2D eigenvalue weighted by atomic mass is 16.7. The van der Waals surface area contributed by atoms with E-state index in [1.165, 1.54) is 7.11 Å². The maximum absolute atomic E-state index is 9.99. The lowest BCUT2D eigenvalue weighted by atomic mass is 9.97. The van der Waals surface area contributed by atoms with E-state index in [4.69, 9.17) is 24.1 Å². The van der Waals surface area contributed by atoms with Crippen molar-refractivity contribution in [3.8, 4) is 0 Å². The Labute approximate surface area is 137 Å². The summed E-state index contributed by atoms with van der Waals surface area (Å²) in [7, 11) is 1.24. The minimum absolute atomic E-state index is 0.592. The van der Waals surface area contributed by atoms with Crippen LogP contribution in [0.3, 0.4) is 0 Å². The number of rotatable bonds is 5. The zero-order chi connectivity index (χ0) is 18.0. The summed E-state index contributed by atoms with van der Waals surface area (Å²) in [4.78, 5) is 0. The maximum Gasteiger partial charge on any atom is 0.187 e. The van der Waals surface area contributed by atoms with Crippen molar-refractivity contribution in [3.05, 3.63) is 0 Å². The average molecular weight is 356 g/mol. The summed E-state index contributed by atoms with van der Waals surface area (Å²) in [5.41, 5.74) is 0. The number of ether oxygens (including phenoxy) is 4. The Morgan fingerprint density at radius 3 is 1.92 bits per heavy atom. The van der Waals surface area contributed by atoms with Crippen molar-refractivity contribution in [1.29, 1.82) is 0 Å². The molecular weight excluding hydrogens is 332 g/mol. The molecule has 0 aliphatic carbocycles. The van der Waals surface area contributed by atoms with Gasteiger partial charge in [0.05, 0.1) is 13.2 Å². The van der Waals surface area contributed by atoms with Gasteiger partial charge in [-0.05, 0) is 0 Å². The second kappa shape index (κ2) is 8.29. The topological polar surface area (TPSA) is 179 Å². The monoisotopic (exact) mass is 356 g/mol. The van der Waals surface area contributed by atoms with Crippen LogP contribution < -0.4 is 0 Å². The van der Waals surface area contributed by atoms with E-state index in [0.717, 1.165) is 0 Å². The highest BCUT2D eigenvalue weighted by Crippen LogP contribution is 2.29. The lowest BCUT2D eigenvalue weighted by molar-refractivity contribution is -0.357. The number of hydrogen-bond acceptors (Lipinski definition) is 11. The third-order valence-electron chi connectivity index (χ3n) is 4.23. The van der Waals surface area contributed by atoms with Crippen LogP contribution in [-0.2, 0) is 18.9 Å². The summed E-state index contributed by atoms with van der Waals surface area (Å²) in [5.74, 6) is 0. The fraction of sp³-hybridized carbons (Fsp3) is 1.00. The summed E-state index contributed by atoms with van der Waals surface area (Å²) in [6.07, 6.45) is -14.0. The number of aliphatic hydroxyl groups excluding tert-OH is 7. The predicted molar refractivity (Wildman–Crippen MR) is 73.4 cm³/mol. The quantitative estimate of drug-likeness (QED) is 0.251. The molecule has 7 N–H and O–H groups in total. The first kappa shape index (κ1) is 19.9. The molecule has 0 bridgehead atoms. The van der Waals surface area contributed by atoms with Gasteiger partial charge >= 0.3 is 0 Å². The highest BCUT2D eigenvalue weighted by molar-refractivity contribution is 4.94. The largest absolute Gasteiger partial charge is 0.394 e. The Bertz CT molecular complexity index is 394. The van der Waals surface area contributed by atoms with Crippen molar-refractivity contribution < 1.29 is 54.7 Å². The van der Waals surface area contributed by atoms with E-state index in [1.54, 1.807) is 0 Å². The Balaban J connectivity index is 2.16. The summed E-state index contributed by atoms with van der Waals surface area (Å²) >= 11 is 0. The molecule has 0 aromatic carbocycles. The van der Waals surface area contributed by atoms with Crippen LogP contribution in [0.4, 0.5) is 0 Å². The molecule has 10 unspecified atom stereocenters. The van der Waals surface area contributed by atoms with Crippen LogP contribution in [-0.4, -0.2) is 117 Å². The first-order valence-electron chi connectivity index (χ1n) is 7.46. The smallest absolute Gasteiger partial charge is 0.187 e. The fourth-order valence-electron chi connectivity index (χ4n) is 2.83. The van der Waals surface area contributed by atoms with Crippen LogP contribution in [0.2, 0.25) is 0 Å². The Morgan fingerprint density at radius 1 is 0.750 bits per heavy atom. The molecule has 2 heterocycles. The first-order valence-corrected chi connectivity index (χ1v) is 7.46. The molecule has 11 heteroatoms. The normalized spacial score (nSPS) is 50.0. The molecule has 2 rings (SSSR count). The average Bonchev–Trinajstić information content (AvgIpc) is 2.58. The molecule has 0 amide bonds. The minimum Gasteiger partial charge on any atom is -0.394 e. The molecule has 24 heavy (non-hydrogen) atoms. The van der Waals surface area contributed by atoms with E-state index in [2.05, 4.69) is 0 Å². The van der Waals surface area contributed by atoms with Gasteiger partial charge < -0.3 is 54.7 Å². The summed E-state index contributed by atoms with van der Waals surface area (Å²) in [6, 6.07) is 0. The number of hydrogen-bond donors (Lipinski definition) is 7. The second-order valence-electron chi connectivity index (χ2n) is 5.74. The van der Waals surface area contributed by atoms with E-state index >= 15 is 0 Å². The van der Waals surface area contributed by atoms with Crippen LogP contribution in [0.25, 0.3) is 0 Å². The standard InChI is InChI=1S/C13H24O11/c1-21-11-9(19)12(20)22-5(3-15)10(11)24-13-8(18)7(17)6(16)4(2-14)23-13/h4-20H,2-3H2,1H3. The molecule has 0 aromatic heterocycles. The first-order chi connectivity index (χ1) is 11.3. The molecule has 0 spiro atoms. The summed E-state index contributed by atoms with van der Waals surface area (Å²) < 4.78 is 20.8. The van der Waals surface area contributed by atoms with Crippen molar-refractivity contribution in [1.82, 2.24) is 0 Å². The Morgan fingerprint density at radius 2 is 1.38 bits per heavy atom. The van der Waals surface area contributed by atoms with Crippen molar-refractivity contribution >= 4 is 0 Å². The minimum atomic E-state index is -1.66. The molecule has 142 valence electrons. The van der Waals surface area contributed by atoms with E-state index in [-0.39, 0.29) is 0 Å².